The molecular formula is C24H19BrN4O4. The van der Waals surface area contributed by atoms with Crippen LogP contribution in [0.2, 0.25) is 0 Å². The lowest BCUT2D eigenvalue weighted by molar-refractivity contribution is -0.116. The van der Waals surface area contributed by atoms with Gasteiger partial charge in [-0.25, -0.2) is 0 Å². The molecule has 0 unspecified atom stereocenters. The van der Waals surface area contributed by atoms with Gasteiger partial charge in [-0.2, -0.15) is 0 Å². The summed E-state index contributed by atoms with van der Waals surface area (Å²) < 4.78 is 0.728. The monoisotopic (exact) mass is 506 g/mol. The number of pyridine rings is 1. The number of amides is 4. The Balaban J connectivity index is 1.25. The summed E-state index contributed by atoms with van der Waals surface area (Å²) in [5, 5.41) is 5.53. The average molecular weight is 507 g/mol. The third-order valence-electron chi connectivity index (χ3n) is 5.07. The molecule has 33 heavy (non-hydrogen) atoms. The summed E-state index contributed by atoms with van der Waals surface area (Å²) in [5.41, 5.74) is 2.35. The van der Waals surface area contributed by atoms with Crippen LogP contribution in [0, 0.1) is 0 Å². The normalized spacial score (nSPS) is 12.5. The molecule has 0 spiro atoms. The van der Waals surface area contributed by atoms with E-state index in [1.165, 1.54) is 11.1 Å². The summed E-state index contributed by atoms with van der Waals surface area (Å²) in [7, 11) is 0. The second-order valence-corrected chi connectivity index (χ2v) is 8.29. The summed E-state index contributed by atoms with van der Waals surface area (Å²) in [4.78, 5) is 54.4. The van der Waals surface area contributed by atoms with E-state index >= 15 is 0 Å². The van der Waals surface area contributed by atoms with Crippen molar-refractivity contribution < 1.29 is 19.2 Å². The highest BCUT2D eigenvalue weighted by Crippen LogP contribution is 2.26. The second-order valence-electron chi connectivity index (χ2n) is 7.38. The number of halogens is 1. The van der Waals surface area contributed by atoms with E-state index in [-0.39, 0.29) is 36.6 Å². The lowest BCUT2D eigenvalue weighted by Crippen LogP contribution is -2.31. The highest BCUT2D eigenvalue weighted by atomic mass is 79.9. The van der Waals surface area contributed by atoms with E-state index in [9.17, 15) is 19.2 Å². The van der Waals surface area contributed by atoms with Crippen molar-refractivity contribution in [2.24, 2.45) is 0 Å². The predicted molar refractivity (Wildman–Crippen MR) is 126 cm³/mol. The molecule has 0 bridgehead atoms. The number of carbonyl (C=O) groups is 4. The Morgan fingerprint density at radius 2 is 1.61 bits per heavy atom. The van der Waals surface area contributed by atoms with Crippen LogP contribution >= 0.6 is 15.9 Å². The molecule has 0 saturated carbocycles. The van der Waals surface area contributed by atoms with Gasteiger partial charge in [0.25, 0.3) is 17.7 Å². The van der Waals surface area contributed by atoms with Crippen LogP contribution in [0.3, 0.4) is 0 Å². The van der Waals surface area contributed by atoms with Gasteiger partial charge < -0.3 is 10.6 Å². The molecule has 3 aromatic rings. The number of hydrogen-bond donors (Lipinski definition) is 2. The van der Waals surface area contributed by atoms with Crippen LogP contribution in [0.5, 0.6) is 0 Å². The Hall–Kier alpha value is -3.85. The van der Waals surface area contributed by atoms with Gasteiger partial charge in [0, 0.05) is 41.2 Å². The van der Waals surface area contributed by atoms with E-state index in [0.717, 1.165) is 4.47 Å². The minimum absolute atomic E-state index is 0.149. The molecule has 1 aromatic heterocycles. The molecule has 2 aromatic carbocycles. The highest BCUT2D eigenvalue weighted by Gasteiger charge is 2.35. The van der Waals surface area contributed by atoms with Crippen LogP contribution in [0.25, 0.3) is 0 Å². The maximum Gasteiger partial charge on any atom is 0.261 e. The number of carbonyl (C=O) groups excluding carboxylic acids is 4. The Labute approximate surface area is 198 Å². The van der Waals surface area contributed by atoms with Gasteiger partial charge in [0.2, 0.25) is 5.91 Å². The number of imide groups is 1. The molecule has 0 fully saturated rings. The van der Waals surface area contributed by atoms with Gasteiger partial charge in [0.15, 0.2) is 0 Å². The van der Waals surface area contributed by atoms with Crippen LogP contribution < -0.4 is 10.6 Å². The van der Waals surface area contributed by atoms with Crippen molar-refractivity contribution in [1.29, 1.82) is 0 Å². The molecule has 0 aliphatic carbocycles. The predicted octanol–water partition coefficient (Wildman–Crippen LogP) is 4.11. The smallest absolute Gasteiger partial charge is 0.261 e. The number of aromatic nitrogens is 1. The number of rotatable bonds is 7. The molecule has 2 N–H and O–H groups in total. The van der Waals surface area contributed by atoms with E-state index in [1.807, 2.05) is 0 Å². The van der Waals surface area contributed by atoms with Crippen LogP contribution in [0.4, 0.5) is 11.4 Å². The van der Waals surface area contributed by atoms with Gasteiger partial charge in [0.1, 0.15) is 0 Å². The Bertz CT molecular complexity index is 1230. The zero-order valence-electron chi connectivity index (χ0n) is 17.4. The number of fused-ring (bicyclic) bond motifs is 1. The Morgan fingerprint density at radius 1 is 0.909 bits per heavy atom. The van der Waals surface area contributed by atoms with Gasteiger partial charge in [-0.15, -0.1) is 0 Å². The van der Waals surface area contributed by atoms with E-state index < -0.39 is 0 Å². The SMILES string of the molecule is O=C(CCCN1C(=O)c2ccc(Br)cc2C1=O)Nc1ccc(NC(=O)c2cccnc2)cc1. The molecule has 1 aliphatic heterocycles. The first-order valence-corrected chi connectivity index (χ1v) is 11.0. The van der Waals surface area contributed by atoms with Gasteiger partial charge in [-0.3, -0.25) is 29.1 Å². The lowest BCUT2D eigenvalue weighted by Gasteiger charge is -2.13. The van der Waals surface area contributed by atoms with Crippen LogP contribution in [0.15, 0.2) is 71.5 Å². The standard InChI is InChI=1S/C24H19BrN4O4/c25-16-5-10-19-20(13-16)24(33)29(23(19)32)12-2-4-21(30)27-17-6-8-18(9-7-17)28-22(31)15-3-1-11-26-14-15/h1,3,5-11,13-14H,2,4,12H2,(H,27,30)(H,28,31). The average Bonchev–Trinajstić information content (AvgIpc) is 3.05. The minimum atomic E-state index is -0.347. The second kappa shape index (κ2) is 9.74. The molecular weight excluding hydrogens is 488 g/mol. The fourth-order valence-corrected chi connectivity index (χ4v) is 3.79. The molecule has 4 amide bonds. The van der Waals surface area contributed by atoms with Crippen molar-refractivity contribution >= 4 is 50.9 Å². The molecule has 0 radical (unpaired) electrons. The molecule has 0 atom stereocenters. The summed E-state index contributed by atoms with van der Waals surface area (Å²) >= 11 is 3.30. The molecule has 0 saturated heterocycles. The van der Waals surface area contributed by atoms with E-state index in [2.05, 4.69) is 31.5 Å². The van der Waals surface area contributed by atoms with Crippen LogP contribution in [0.1, 0.15) is 43.9 Å². The largest absolute Gasteiger partial charge is 0.326 e. The maximum atomic E-state index is 12.5. The number of nitrogens with zero attached hydrogens (tertiary/aromatic N) is 2. The number of benzene rings is 2. The third-order valence-corrected chi connectivity index (χ3v) is 5.56. The molecule has 4 rings (SSSR count). The topological polar surface area (TPSA) is 108 Å². The fourth-order valence-electron chi connectivity index (χ4n) is 3.42. The highest BCUT2D eigenvalue weighted by molar-refractivity contribution is 9.10. The van der Waals surface area contributed by atoms with Gasteiger partial charge >= 0.3 is 0 Å². The first-order chi connectivity index (χ1) is 15.9. The van der Waals surface area contributed by atoms with Crippen molar-refractivity contribution in [2.45, 2.75) is 12.8 Å². The number of anilines is 2. The molecule has 2 heterocycles. The Kier molecular flexibility index (Phi) is 6.60. The van der Waals surface area contributed by atoms with E-state index in [0.29, 0.717) is 34.5 Å². The zero-order valence-corrected chi connectivity index (χ0v) is 19.0. The molecule has 166 valence electrons. The molecule has 8 nitrogen and oxygen atoms in total. The molecule has 1 aliphatic rings. The number of hydrogen-bond acceptors (Lipinski definition) is 5. The first kappa shape index (κ1) is 22.3. The van der Waals surface area contributed by atoms with Crippen molar-refractivity contribution in [1.82, 2.24) is 9.88 Å². The summed E-state index contributed by atoms with van der Waals surface area (Å²) in [6.45, 7) is 0.163. The van der Waals surface area contributed by atoms with E-state index in [4.69, 9.17) is 0 Å². The van der Waals surface area contributed by atoms with Crippen molar-refractivity contribution in [3.05, 3.63) is 88.2 Å². The van der Waals surface area contributed by atoms with Gasteiger partial charge in [-0.05, 0) is 61.0 Å². The quantitative estimate of drug-likeness (QED) is 0.468. The third kappa shape index (κ3) is 5.15. The number of nitrogens with one attached hydrogen (secondary N) is 2. The fraction of sp³-hybridized carbons (Fsp3) is 0.125. The summed E-state index contributed by atoms with van der Waals surface area (Å²) in [6, 6.07) is 15.0. The summed E-state index contributed by atoms with van der Waals surface area (Å²) in [6.07, 6.45) is 3.56. The van der Waals surface area contributed by atoms with Crippen molar-refractivity contribution in [3.63, 3.8) is 0 Å². The van der Waals surface area contributed by atoms with E-state index in [1.54, 1.807) is 60.8 Å². The minimum Gasteiger partial charge on any atom is -0.326 e. The van der Waals surface area contributed by atoms with Crippen molar-refractivity contribution in [2.75, 3.05) is 17.2 Å². The summed E-state index contributed by atoms with van der Waals surface area (Å²) in [5.74, 6) is -1.20. The zero-order chi connectivity index (χ0) is 23.4. The van der Waals surface area contributed by atoms with Crippen LogP contribution in [-0.4, -0.2) is 40.1 Å². The van der Waals surface area contributed by atoms with Gasteiger partial charge in [-0.1, -0.05) is 15.9 Å². The van der Waals surface area contributed by atoms with Crippen molar-refractivity contribution in [3.8, 4) is 0 Å². The van der Waals surface area contributed by atoms with Gasteiger partial charge in [0.05, 0.1) is 16.7 Å². The maximum absolute atomic E-state index is 12.5. The lowest BCUT2D eigenvalue weighted by atomic mass is 10.1. The first-order valence-electron chi connectivity index (χ1n) is 10.2. The van der Waals surface area contributed by atoms with Crippen LogP contribution in [-0.2, 0) is 4.79 Å². The Morgan fingerprint density at radius 3 is 2.30 bits per heavy atom. The molecule has 9 heteroatoms.